The molecule has 3 amide bonds. The van der Waals surface area contributed by atoms with Crippen molar-refractivity contribution in [3.8, 4) is 0 Å². The lowest BCUT2D eigenvalue weighted by atomic mass is 10.0. The van der Waals surface area contributed by atoms with Crippen molar-refractivity contribution in [1.82, 2.24) is 14.8 Å². The molecule has 1 atom stereocenters. The molecule has 0 radical (unpaired) electrons. The molecular formula is C20H26N4O2. The quantitative estimate of drug-likeness (QED) is 0.885. The lowest BCUT2D eigenvalue weighted by Gasteiger charge is -2.31. The van der Waals surface area contributed by atoms with Gasteiger partial charge in [0.1, 0.15) is 0 Å². The van der Waals surface area contributed by atoms with Gasteiger partial charge >= 0.3 is 6.03 Å². The van der Waals surface area contributed by atoms with Crippen LogP contribution in [0.2, 0.25) is 0 Å². The topological polar surface area (TPSA) is 80.4 Å². The third-order valence-electron chi connectivity index (χ3n) is 5.01. The van der Waals surface area contributed by atoms with Gasteiger partial charge in [-0.1, -0.05) is 25.0 Å². The van der Waals surface area contributed by atoms with Gasteiger partial charge in [0.25, 0.3) is 5.91 Å². The van der Waals surface area contributed by atoms with Gasteiger partial charge in [0.05, 0.1) is 6.04 Å². The van der Waals surface area contributed by atoms with Crippen LogP contribution >= 0.6 is 0 Å². The number of nitrogens with two attached hydrogens (primary N) is 1. The maximum Gasteiger partial charge on any atom is 0.312 e. The molecular weight excluding hydrogens is 328 g/mol. The number of nitrogens with zero attached hydrogens (tertiary/aromatic N) is 2. The number of rotatable bonds is 4. The number of primary amides is 1. The van der Waals surface area contributed by atoms with Gasteiger partial charge in [-0.2, -0.15) is 0 Å². The number of amides is 3. The second-order valence-electron chi connectivity index (χ2n) is 6.82. The maximum atomic E-state index is 13.2. The number of urea groups is 1. The average molecular weight is 354 g/mol. The molecule has 1 unspecified atom stereocenters. The predicted molar refractivity (Wildman–Crippen MR) is 101 cm³/mol. The first-order valence-corrected chi connectivity index (χ1v) is 9.10. The fourth-order valence-corrected chi connectivity index (χ4v) is 3.60. The van der Waals surface area contributed by atoms with E-state index in [1.165, 1.54) is 5.69 Å². The molecule has 1 aliphatic heterocycles. The van der Waals surface area contributed by atoms with E-state index in [0.29, 0.717) is 12.1 Å². The van der Waals surface area contributed by atoms with E-state index in [1.54, 1.807) is 0 Å². The summed E-state index contributed by atoms with van der Waals surface area (Å²) in [7, 11) is 2.03. The number of carbonyl (C=O) groups excluding carboxylic acids is 2. The Labute approximate surface area is 154 Å². The number of likely N-dealkylation sites (tertiary alicyclic amines) is 1. The summed E-state index contributed by atoms with van der Waals surface area (Å²) in [5.74, 6) is 0.0625. The van der Waals surface area contributed by atoms with E-state index < -0.39 is 6.03 Å². The summed E-state index contributed by atoms with van der Waals surface area (Å²) < 4.78 is 2.11. The van der Waals surface area contributed by atoms with Crippen LogP contribution in [0.1, 0.15) is 53.3 Å². The highest BCUT2D eigenvalue weighted by Crippen LogP contribution is 2.31. The molecule has 138 valence electrons. The Morgan fingerprint density at radius 2 is 1.92 bits per heavy atom. The highest BCUT2D eigenvalue weighted by Gasteiger charge is 2.28. The molecule has 0 spiro atoms. The standard InChI is InChI=1S/C20H26N4O2/c1-23-12-5-7-17(23)18-6-3-2-4-13-24(18)19(25)16-10-8-15(9-11-16)14-22-20(21)26/h5,7-12,18H,2-4,6,13-14H2,1H3,(H3,21,22,26). The van der Waals surface area contributed by atoms with E-state index in [4.69, 9.17) is 5.73 Å². The number of hydrogen-bond donors (Lipinski definition) is 2. The van der Waals surface area contributed by atoms with Crippen molar-refractivity contribution in [1.29, 1.82) is 0 Å². The first-order chi connectivity index (χ1) is 12.6. The van der Waals surface area contributed by atoms with Crippen molar-refractivity contribution < 1.29 is 9.59 Å². The molecule has 3 rings (SSSR count). The van der Waals surface area contributed by atoms with Crippen molar-refractivity contribution in [3.05, 3.63) is 59.4 Å². The van der Waals surface area contributed by atoms with Crippen LogP contribution in [0, 0.1) is 0 Å². The fourth-order valence-electron chi connectivity index (χ4n) is 3.60. The number of aromatic nitrogens is 1. The van der Waals surface area contributed by atoms with Crippen molar-refractivity contribution >= 4 is 11.9 Å². The van der Waals surface area contributed by atoms with Gasteiger partial charge in [0.15, 0.2) is 0 Å². The summed E-state index contributed by atoms with van der Waals surface area (Å²) in [5, 5.41) is 2.55. The van der Waals surface area contributed by atoms with E-state index in [1.807, 2.05) is 48.5 Å². The average Bonchev–Trinajstić information content (AvgIpc) is 2.92. The monoisotopic (exact) mass is 354 g/mol. The van der Waals surface area contributed by atoms with E-state index in [2.05, 4.69) is 16.0 Å². The largest absolute Gasteiger partial charge is 0.353 e. The Hall–Kier alpha value is -2.76. The molecule has 6 heteroatoms. The highest BCUT2D eigenvalue weighted by molar-refractivity contribution is 5.94. The number of nitrogens with one attached hydrogen (secondary N) is 1. The summed E-state index contributed by atoms with van der Waals surface area (Å²) >= 11 is 0. The number of carbonyl (C=O) groups is 2. The molecule has 3 N–H and O–H groups in total. The van der Waals surface area contributed by atoms with Crippen LogP contribution in [0.4, 0.5) is 4.79 Å². The highest BCUT2D eigenvalue weighted by atomic mass is 16.2. The zero-order valence-corrected chi connectivity index (χ0v) is 15.1. The van der Waals surface area contributed by atoms with E-state index in [9.17, 15) is 9.59 Å². The molecule has 1 saturated heterocycles. The van der Waals surface area contributed by atoms with Crippen LogP contribution in [0.5, 0.6) is 0 Å². The van der Waals surface area contributed by atoms with Crippen LogP contribution in [0.3, 0.4) is 0 Å². The minimum Gasteiger partial charge on any atom is -0.353 e. The van der Waals surface area contributed by atoms with Crippen molar-refractivity contribution in [2.45, 2.75) is 38.3 Å². The van der Waals surface area contributed by atoms with E-state index >= 15 is 0 Å². The first kappa shape index (κ1) is 18.0. The second kappa shape index (κ2) is 8.08. The van der Waals surface area contributed by atoms with Gasteiger partial charge in [0, 0.05) is 37.6 Å². The Balaban J connectivity index is 1.79. The Morgan fingerprint density at radius 1 is 1.15 bits per heavy atom. The molecule has 0 bridgehead atoms. The van der Waals surface area contributed by atoms with Crippen LogP contribution in [-0.4, -0.2) is 28.0 Å². The van der Waals surface area contributed by atoms with Crippen molar-refractivity contribution in [3.63, 3.8) is 0 Å². The smallest absolute Gasteiger partial charge is 0.312 e. The molecule has 2 aromatic rings. The fraction of sp³-hybridized carbons (Fsp3) is 0.400. The van der Waals surface area contributed by atoms with Crippen LogP contribution in [-0.2, 0) is 13.6 Å². The minimum atomic E-state index is -0.555. The van der Waals surface area contributed by atoms with Gasteiger partial charge in [-0.05, 0) is 42.7 Å². The molecule has 2 heterocycles. The number of benzene rings is 1. The summed E-state index contributed by atoms with van der Waals surface area (Å²) in [6.45, 7) is 1.14. The van der Waals surface area contributed by atoms with Gasteiger partial charge in [-0.25, -0.2) is 4.79 Å². The lowest BCUT2D eigenvalue weighted by molar-refractivity contribution is 0.0674. The summed E-state index contributed by atoms with van der Waals surface area (Å²) in [5.41, 5.74) is 7.86. The van der Waals surface area contributed by atoms with Crippen molar-refractivity contribution in [2.24, 2.45) is 12.8 Å². The maximum absolute atomic E-state index is 13.2. The van der Waals surface area contributed by atoms with Crippen LogP contribution < -0.4 is 11.1 Å². The summed E-state index contributed by atoms with van der Waals surface area (Å²) in [6, 6.07) is 11.1. The van der Waals surface area contributed by atoms with Crippen LogP contribution in [0.15, 0.2) is 42.6 Å². The molecule has 26 heavy (non-hydrogen) atoms. The predicted octanol–water partition coefficient (Wildman–Crippen LogP) is 2.95. The Morgan fingerprint density at radius 3 is 2.58 bits per heavy atom. The molecule has 1 aromatic heterocycles. The second-order valence-corrected chi connectivity index (χ2v) is 6.82. The van der Waals surface area contributed by atoms with E-state index in [-0.39, 0.29) is 11.9 Å². The zero-order chi connectivity index (χ0) is 18.5. The number of aryl methyl sites for hydroxylation is 1. The molecule has 6 nitrogen and oxygen atoms in total. The molecule has 0 saturated carbocycles. The third kappa shape index (κ3) is 4.07. The van der Waals surface area contributed by atoms with Gasteiger partial charge in [0.2, 0.25) is 0 Å². The molecule has 1 fully saturated rings. The number of hydrogen-bond acceptors (Lipinski definition) is 2. The molecule has 0 aliphatic carbocycles. The normalized spacial score (nSPS) is 17.6. The van der Waals surface area contributed by atoms with Gasteiger partial charge in [-0.3, -0.25) is 4.79 Å². The Bertz CT molecular complexity index is 766. The SMILES string of the molecule is Cn1cccc1C1CCCCCN1C(=O)c1ccc(CNC(N)=O)cc1. The zero-order valence-electron chi connectivity index (χ0n) is 15.1. The lowest BCUT2D eigenvalue weighted by Crippen LogP contribution is -2.35. The Kier molecular flexibility index (Phi) is 5.61. The minimum absolute atomic E-state index is 0.0625. The molecule has 1 aliphatic rings. The van der Waals surface area contributed by atoms with E-state index in [0.717, 1.165) is 37.8 Å². The van der Waals surface area contributed by atoms with Gasteiger partial charge in [-0.15, -0.1) is 0 Å². The molecule has 1 aromatic carbocycles. The summed E-state index contributed by atoms with van der Waals surface area (Å²) in [4.78, 5) is 26.0. The third-order valence-corrected chi connectivity index (χ3v) is 5.01. The van der Waals surface area contributed by atoms with Gasteiger partial charge < -0.3 is 20.5 Å². The first-order valence-electron chi connectivity index (χ1n) is 9.10. The van der Waals surface area contributed by atoms with Crippen molar-refractivity contribution in [2.75, 3.05) is 6.54 Å². The van der Waals surface area contributed by atoms with Crippen LogP contribution in [0.25, 0.3) is 0 Å². The summed E-state index contributed by atoms with van der Waals surface area (Å²) in [6.07, 6.45) is 6.35.